The third-order valence-electron chi connectivity index (χ3n) is 5.44. The van der Waals surface area contributed by atoms with Gasteiger partial charge in [-0.2, -0.15) is 0 Å². The van der Waals surface area contributed by atoms with Crippen LogP contribution in [0, 0.1) is 0 Å². The number of allylic oxidation sites excluding steroid dienone is 2. The number of hydrogen-bond acceptors (Lipinski definition) is 0. The van der Waals surface area contributed by atoms with E-state index in [1.54, 1.807) is 0 Å². The van der Waals surface area contributed by atoms with Gasteiger partial charge in [0, 0.05) is 0 Å². The topological polar surface area (TPSA) is 0 Å². The molecular weight excluding hydrogens is 440 g/mol. The van der Waals surface area contributed by atoms with Gasteiger partial charge in [0.2, 0.25) is 0 Å². The van der Waals surface area contributed by atoms with Gasteiger partial charge in [-0.05, 0) is 0 Å². The molecule has 0 radical (unpaired) electrons. The van der Waals surface area contributed by atoms with Gasteiger partial charge >= 0.3 is 149 Å². The quantitative estimate of drug-likeness (QED) is 0.507. The molecule has 2 aliphatic rings. The third-order valence-corrected chi connectivity index (χ3v) is 64.0. The van der Waals surface area contributed by atoms with E-state index in [0.29, 0.717) is 7.25 Å². The van der Waals surface area contributed by atoms with Crippen LogP contribution in [0.2, 0.25) is 11.5 Å². The van der Waals surface area contributed by atoms with Gasteiger partial charge in [0.25, 0.3) is 0 Å². The molecule has 0 fully saturated rings. The summed E-state index contributed by atoms with van der Waals surface area (Å²) in [5, 5.41) is 0. The van der Waals surface area contributed by atoms with Gasteiger partial charge in [0.1, 0.15) is 0 Å². The molecule has 0 saturated carbocycles. The van der Waals surface area contributed by atoms with Crippen LogP contribution >= 0.6 is 8.51 Å². The Morgan fingerprint density at radius 3 is 1.65 bits per heavy atom. The van der Waals surface area contributed by atoms with Crippen molar-refractivity contribution in [3.05, 3.63) is 82.9 Å². The Bertz CT molecular complexity index is 747. The monoisotopic (exact) mass is 460 g/mol. The summed E-state index contributed by atoms with van der Waals surface area (Å²) >= 11 is -2.90. The van der Waals surface area contributed by atoms with Crippen molar-refractivity contribution in [1.82, 2.24) is 0 Å². The summed E-state index contributed by atoms with van der Waals surface area (Å²) in [5.41, 5.74) is 5.76. The Labute approximate surface area is 148 Å². The van der Waals surface area contributed by atoms with Crippen molar-refractivity contribution in [1.29, 1.82) is 0 Å². The first-order valence-corrected chi connectivity index (χ1v) is 27.8. The number of halogens is 1. The maximum absolute atomic E-state index is 7.73. The van der Waals surface area contributed by atoms with E-state index in [4.69, 9.17) is 8.51 Å². The first-order valence-electron chi connectivity index (χ1n) is 8.35. The van der Waals surface area contributed by atoms with Crippen LogP contribution in [0.1, 0.15) is 29.5 Å². The molecule has 0 aliphatic heterocycles. The zero-order valence-electron chi connectivity index (χ0n) is 13.5. The van der Waals surface area contributed by atoms with Crippen molar-refractivity contribution in [3.63, 3.8) is 0 Å². The predicted octanol–water partition coefficient (Wildman–Crippen LogP) is 5.81. The molecule has 23 heavy (non-hydrogen) atoms. The SMILES string of the molecule is [CH3][GeH]([CH3])[Zr]([Cl])([CH]1C=Cc2ccccc21)[CH]1C=Cc2ccccc21. The summed E-state index contributed by atoms with van der Waals surface area (Å²) in [6, 6.07) is 17.7. The Kier molecular flexibility index (Phi) is 4.33. The number of hydrogen-bond donors (Lipinski definition) is 0. The Morgan fingerprint density at radius 2 is 1.22 bits per heavy atom. The minimum atomic E-state index is -2.90. The summed E-state index contributed by atoms with van der Waals surface area (Å²) < 4.78 is 1.06. The van der Waals surface area contributed by atoms with Crippen molar-refractivity contribution in [2.24, 2.45) is 0 Å². The summed E-state index contributed by atoms with van der Waals surface area (Å²) in [5.74, 6) is 5.05. The zero-order chi connectivity index (χ0) is 16.0. The van der Waals surface area contributed by atoms with Crippen LogP contribution in [-0.2, 0) is 16.6 Å². The van der Waals surface area contributed by atoms with Crippen molar-refractivity contribution in [2.45, 2.75) is 18.8 Å². The molecule has 0 amide bonds. The second kappa shape index (κ2) is 6.17. The van der Waals surface area contributed by atoms with E-state index in [9.17, 15) is 0 Å². The molecule has 0 aromatic heterocycles. The number of rotatable bonds is 3. The first kappa shape index (κ1) is 16.1. The molecule has 2 unspecified atom stereocenters. The van der Waals surface area contributed by atoms with Gasteiger partial charge in [-0.3, -0.25) is 0 Å². The van der Waals surface area contributed by atoms with Gasteiger partial charge in [-0.25, -0.2) is 0 Å². The molecule has 0 heterocycles. The summed E-state index contributed by atoms with van der Waals surface area (Å²) in [4.78, 5) is 0. The van der Waals surface area contributed by atoms with Crippen LogP contribution in [0.25, 0.3) is 12.2 Å². The van der Waals surface area contributed by atoms with E-state index >= 15 is 0 Å². The van der Waals surface area contributed by atoms with Gasteiger partial charge in [-0.15, -0.1) is 0 Å². The molecule has 2 aromatic rings. The minimum absolute atomic E-state index is 0.531. The van der Waals surface area contributed by atoms with Gasteiger partial charge in [0.05, 0.1) is 0 Å². The summed E-state index contributed by atoms with van der Waals surface area (Å²) in [6.07, 6.45) is 9.49. The molecule has 0 saturated heterocycles. The van der Waals surface area contributed by atoms with Gasteiger partial charge in [-0.1, -0.05) is 0 Å². The van der Waals surface area contributed by atoms with Gasteiger partial charge < -0.3 is 0 Å². The van der Waals surface area contributed by atoms with Crippen molar-refractivity contribution in [2.75, 3.05) is 0 Å². The third kappa shape index (κ3) is 2.51. The molecule has 2 aromatic carbocycles. The van der Waals surface area contributed by atoms with Crippen molar-refractivity contribution < 1.29 is 16.6 Å². The second-order valence-corrected chi connectivity index (χ2v) is 53.9. The number of benzene rings is 2. The molecule has 2 aliphatic carbocycles. The molecule has 0 nitrogen and oxygen atoms in total. The van der Waals surface area contributed by atoms with E-state index in [1.165, 1.54) is 22.3 Å². The zero-order valence-corrected chi connectivity index (χ0v) is 19.2. The fourth-order valence-corrected chi connectivity index (χ4v) is 41.5. The molecule has 3 heteroatoms. The van der Waals surface area contributed by atoms with Crippen molar-refractivity contribution >= 4 is 31.2 Å². The van der Waals surface area contributed by atoms with E-state index < -0.39 is 27.1 Å². The first-order chi connectivity index (χ1) is 11.1. The fraction of sp³-hybridized carbons (Fsp3) is 0.200. The van der Waals surface area contributed by atoms with Crippen LogP contribution in [0.15, 0.2) is 60.7 Å². The summed E-state index contributed by atoms with van der Waals surface area (Å²) in [7, 11) is 6.25. The van der Waals surface area contributed by atoms with E-state index in [-0.39, 0.29) is 0 Å². The van der Waals surface area contributed by atoms with E-state index in [1.807, 2.05) is 0 Å². The molecule has 0 spiro atoms. The molecule has 2 atom stereocenters. The summed E-state index contributed by atoms with van der Waals surface area (Å²) in [6.45, 7) is 0. The Hall–Kier alpha value is -0.364. The molecule has 0 N–H and O–H groups in total. The Balaban J connectivity index is 1.84. The number of fused-ring (bicyclic) bond motifs is 2. The standard InChI is InChI=1S/2C9H7.C2H7Ge.ClH.Zr/c2*1-2-5-9-7-3-6-8(9)4-1;1-3-2;;/h2*1-7H;3H,1-2H3;1H;/q;;;;+1/p-1. The Morgan fingerprint density at radius 1 is 0.783 bits per heavy atom. The average Bonchev–Trinajstić information content (AvgIpc) is 3.18. The van der Waals surface area contributed by atoms with Crippen LogP contribution in [-0.4, -0.2) is 10.6 Å². The normalized spacial score (nSPS) is 23.8. The molecule has 0 bridgehead atoms. The van der Waals surface area contributed by atoms with E-state index in [0.717, 1.165) is 0 Å². The molecular formula is C20H21ClGeZr. The average molecular weight is 461 g/mol. The van der Waals surface area contributed by atoms with Crippen LogP contribution in [0.4, 0.5) is 0 Å². The maximum atomic E-state index is 7.73. The predicted molar refractivity (Wildman–Crippen MR) is 101 cm³/mol. The molecule has 4 rings (SSSR count). The van der Waals surface area contributed by atoms with Crippen LogP contribution in [0.3, 0.4) is 0 Å². The van der Waals surface area contributed by atoms with E-state index in [2.05, 4.69) is 84.3 Å². The van der Waals surface area contributed by atoms with Crippen LogP contribution < -0.4 is 0 Å². The fourth-order valence-electron chi connectivity index (χ4n) is 4.18. The van der Waals surface area contributed by atoms with Crippen LogP contribution in [0.5, 0.6) is 0 Å². The van der Waals surface area contributed by atoms with Gasteiger partial charge in [0.15, 0.2) is 0 Å². The molecule has 116 valence electrons. The second-order valence-electron chi connectivity index (χ2n) is 6.91. The van der Waals surface area contributed by atoms with Crippen molar-refractivity contribution in [3.8, 4) is 0 Å².